The summed E-state index contributed by atoms with van der Waals surface area (Å²) >= 11 is 1.91. The number of hydrogen-bond donors (Lipinski definition) is 1. The van der Waals surface area contributed by atoms with Crippen LogP contribution in [-0.4, -0.2) is 0 Å². The van der Waals surface area contributed by atoms with Crippen LogP contribution in [-0.2, 0) is 0 Å². The first-order chi connectivity index (χ1) is 30.4. The summed E-state index contributed by atoms with van der Waals surface area (Å²) in [5.41, 5.74) is 25.5. The average molecular weight is 838 g/mol. The van der Waals surface area contributed by atoms with Crippen molar-refractivity contribution in [1.82, 2.24) is 0 Å². The number of thiophene rings is 1. The summed E-state index contributed by atoms with van der Waals surface area (Å²) in [5.74, 6) is 0. The van der Waals surface area contributed by atoms with E-state index < -0.39 is 0 Å². The van der Waals surface area contributed by atoms with Crippen molar-refractivity contribution in [1.29, 1.82) is 0 Å². The van der Waals surface area contributed by atoms with Crippen molar-refractivity contribution in [3.05, 3.63) is 257 Å². The fourth-order valence-electron chi connectivity index (χ4n) is 7.53. The zero-order valence-corrected chi connectivity index (χ0v) is 38.7. The first kappa shape index (κ1) is 45.5. The van der Waals surface area contributed by atoms with Crippen molar-refractivity contribution in [3.63, 3.8) is 0 Å². The Morgan fingerprint density at radius 1 is 0.444 bits per heavy atom. The Hall–Kier alpha value is -7.00. The molecule has 8 aromatic carbocycles. The van der Waals surface area contributed by atoms with Gasteiger partial charge < -0.3 is 5.73 Å². The molecule has 9 rings (SSSR count). The number of hydrogen-bond acceptors (Lipinski definition) is 2. The van der Waals surface area contributed by atoms with E-state index in [4.69, 9.17) is 5.73 Å². The van der Waals surface area contributed by atoms with Crippen LogP contribution in [0.4, 0.5) is 0 Å². The first-order valence-corrected chi connectivity index (χ1v) is 22.3. The van der Waals surface area contributed by atoms with Gasteiger partial charge in [-0.2, -0.15) is 0 Å². The molecular formula is C61H59NS. The number of benzene rings is 8. The molecule has 2 N–H and O–H groups in total. The Bertz CT molecular complexity index is 2970. The van der Waals surface area contributed by atoms with Crippen LogP contribution < -0.4 is 5.73 Å². The molecule has 0 aliphatic rings. The Morgan fingerprint density at radius 2 is 0.968 bits per heavy atom. The van der Waals surface area contributed by atoms with Crippen molar-refractivity contribution >= 4 is 48.4 Å². The van der Waals surface area contributed by atoms with Crippen LogP contribution in [0.25, 0.3) is 59.3 Å². The van der Waals surface area contributed by atoms with Gasteiger partial charge in [-0.15, -0.1) is 11.3 Å². The maximum absolute atomic E-state index is 6.06. The zero-order chi connectivity index (χ0) is 44.9. The molecule has 0 amide bonds. The van der Waals surface area contributed by atoms with Crippen molar-refractivity contribution in [3.8, 4) is 22.3 Å². The Morgan fingerprint density at radius 3 is 1.54 bits per heavy atom. The second kappa shape index (κ2) is 21.7. The SMILES string of the molecule is C=C(/C=C(\N)c1ccccc1)c1ccc(C)cc1.C=C(C)c1ccccc1.Cc1ccccc1.Cc1ccccc1-c1cc(-c2ccc3c(sc4ccccc43)c2C)c(C)cc1C. The second-order valence-corrected chi connectivity index (χ2v) is 17.2. The van der Waals surface area contributed by atoms with Gasteiger partial charge >= 0.3 is 0 Å². The molecule has 9 aromatic rings. The van der Waals surface area contributed by atoms with E-state index in [1.165, 1.54) is 81.4 Å². The molecular weight excluding hydrogens is 779 g/mol. The Kier molecular flexibility index (Phi) is 15.7. The van der Waals surface area contributed by atoms with Gasteiger partial charge in [-0.25, -0.2) is 0 Å². The van der Waals surface area contributed by atoms with Gasteiger partial charge in [-0.05, 0) is 133 Å². The molecule has 0 saturated carbocycles. The molecule has 1 aromatic heterocycles. The largest absolute Gasteiger partial charge is 0.398 e. The lowest BCUT2D eigenvalue weighted by Gasteiger charge is -2.16. The molecule has 0 radical (unpaired) electrons. The van der Waals surface area contributed by atoms with Gasteiger partial charge in [-0.1, -0.05) is 206 Å². The average Bonchev–Trinajstić information content (AvgIpc) is 3.69. The number of allylic oxidation sites excluding steroid dienone is 3. The number of nitrogens with two attached hydrogens (primary N) is 1. The van der Waals surface area contributed by atoms with Gasteiger partial charge in [0, 0.05) is 25.9 Å². The molecule has 0 aliphatic carbocycles. The minimum atomic E-state index is 0.737. The number of rotatable bonds is 6. The summed E-state index contributed by atoms with van der Waals surface area (Å²) in [4.78, 5) is 0. The monoisotopic (exact) mass is 837 g/mol. The summed E-state index contributed by atoms with van der Waals surface area (Å²) in [6, 6.07) is 65.4. The van der Waals surface area contributed by atoms with Gasteiger partial charge in [0.1, 0.15) is 0 Å². The molecule has 0 aliphatic heterocycles. The van der Waals surface area contributed by atoms with Crippen LogP contribution in [0, 0.1) is 41.5 Å². The standard InChI is InChI=1S/C28H24S.C17H17N.C9H10.C7H8/c1-17-9-5-6-10-21(17)25-16-26(19(3)15-18(25)2)22-13-14-24-23-11-7-8-12-27(23)29-28(24)20(22)4;1-13-8-10-15(11-9-13)14(2)12-17(18)16-6-4-3-5-7-16;1-8(2)9-6-4-3-5-7-9;1-7-5-3-2-4-6-7/h5-16H,1-4H3;3-12H,2,18H2,1H3;3-7H,1H2,2H3;2-6H,1H3/b;17-12-;;. The molecule has 0 bridgehead atoms. The third-order valence-corrected chi connectivity index (χ3v) is 12.5. The van der Waals surface area contributed by atoms with Gasteiger partial charge in [0.25, 0.3) is 0 Å². The molecule has 1 heterocycles. The molecule has 314 valence electrons. The Labute approximate surface area is 380 Å². The number of fused-ring (bicyclic) bond motifs is 3. The van der Waals surface area contributed by atoms with E-state index in [1.54, 1.807) is 0 Å². The van der Waals surface area contributed by atoms with Gasteiger partial charge in [-0.3, -0.25) is 0 Å². The predicted molar refractivity (Wildman–Crippen MR) is 280 cm³/mol. The maximum Gasteiger partial charge on any atom is 0.0393 e. The molecule has 63 heavy (non-hydrogen) atoms. The third-order valence-electron chi connectivity index (χ3n) is 11.2. The highest BCUT2D eigenvalue weighted by Gasteiger charge is 2.15. The van der Waals surface area contributed by atoms with Crippen molar-refractivity contribution in [2.45, 2.75) is 48.5 Å². The lowest BCUT2D eigenvalue weighted by molar-refractivity contribution is 1.35. The second-order valence-electron chi connectivity index (χ2n) is 16.2. The van der Waals surface area contributed by atoms with Gasteiger partial charge in [0.15, 0.2) is 0 Å². The van der Waals surface area contributed by atoms with Crippen molar-refractivity contribution in [2.24, 2.45) is 5.73 Å². The van der Waals surface area contributed by atoms with E-state index in [0.29, 0.717) is 0 Å². The van der Waals surface area contributed by atoms with E-state index >= 15 is 0 Å². The van der Waals surface area contributed by atoms with Crippen LogP contribution in [0.5, 0.6) is 0 Å². The van der Waals surface area contributed by atoms with Crippen molar-refractivity contribution < 1.29 is 0 Å². The maximum atomic E-state index is 6.06. The van der Waals surface area contributed by atoms with Gasteiger partial charge in [0.2, 0.25) is 0 Å². The summed E-state index contributed by atoms with van der Waals surface area (Å²) in [6.45, 7) is 23.0. The molecule has 0 unspecified atom stereocenters. The van der Waals surface area contributed by atoms with Gasteiger partial charge in [0.05, 0.1) is 0 Å². The minimum absolute atomic E-state index is 0.737. The van der Waals surface area contributed by atoms with E-state index in [1.807, 2.05) is 91.1 Å². The normalized spacial score (nSPS) is 10.7. The Balaban J connectivity index is 0.000000164. The zero-order valence-electron chi connectivity index (χ0n) is 37.9. The summed E-state index contributed by atoms with van der Waals surface area (Å²) in [7, 11) is 0. The molecule has 1 nitrogen and oxygen atoms in total. The highest BCUT2D eigenvalue weighted by atomic mass is 32.1. The fraction of sp³-hybridized carbons (Fsp3) is 0.115. The summed E-state index contributed by atoms with van der Waals surface area (Å²) in [6.07, 6.45) is 1.92. The summed E-state index contributed by atoms with van der Waals surface area (Å²) in [5, 5.41) is 2.74. The molecule has 0 atom stereocenters. The summed E-state index contributed by atoms with van der Waals surface area (Å²) < 4.78 is 2.77. The molecule has 0 fully saturated rings. The fourth-order valence-corrected chi connectivity index (χ4v) is 8.74. The van der Waals surface area contributed by atoms with Crippen LogP contribution in [0.15, 0.2) is 207 Å². The highest BCUT2D eigenvalue weighted by Crippen LogP contribution is 2.41. The highest BCUT2D eigenvalue weighted by molar-refractivity contribution is 7.26. The van der Waals surface area contributed by atoms with Crippen LogP contribution in [0.2, 0.25) is 0 Å². The minimum Gasteiger partial charge on any atom is -0.398 e. The smallest absolute Gasteiger partial charge is 0.0393 e. The van der Waals surface area contributed by atoms with E-state index in [-0.39, 0.29) is 0 Å². The van der Waals surface area contributed by atoms with Crippen LogP contribution in [0.1, 0.15) is 57.0 Å². The quantitative estimate of drug-likeness (QED) is 0.166. The predicted octanol–water partition coefficient (Wildman–Crippen LogP) is 17.3. The number of aryl methyl sites for hydroxylation is 6. The first-order valence-electron chi connectivity index (χ1n) is 21.5. The lowest BCUT2D eigenvalue weighted by Crippen LogP contribution is -1.96. The molecule has 2 heteroatoms. The lowest BCUT2D eigenvalue weighted by atomic mass is 9.88. The van der Waals surface area contributed by atoms with Crippen LogP contribution in [0.3, 0.4) is 0 Å². The van der Waals surface area contributed by atoms with E-state index in [0.717, 1.165) is 28.0 Å². The van der Waals surface area contributed by atoms with E-state index in [2.05, 4.69) is 176 Å². The van der Waals surface area contributed by atoms with Crippen molar-refractivity contribution in [2.75, 3.05) is 0 Å². The molecule has 0 spiro atoms. The van der Waals surface area contributed by atoms with E-state index in [9.17, 15) is 0 Å². The topological polar surface area (TPSA) is 26.0 Å². The molecule has 0 saturated heterocycles. The third kappa shape index (κ3) is 11.9. The van der Waals surface area contributed by atoms with Crippen LogP contribution >= 0.6 is 11.3 Å².